The first-order valence-electron chi connectivity index (χ1n) is 3.78. The van der Waals surface area contributed by atoms with Crippen LogP contribution >= 0.6 is 12.4 Å². The van der Waals surface area contributed by atoms with E-state index in [1.165, 1.54) is 0 Å². The van der Waals surface area contributed by atoms with Crippen LogP contribution in [0, 0.1) is 0 Å². The molecular weight excluding hydrogens is 174 g/mol. The molecule has 0 saturated carbocycles. The molecule has 1 atom stereocenters. The lowest BCUT2D eigenvalue weighted by Gasteiger charge is -2.07. The zero-order chi connectivity index (χ0) is 8.27. The Bertz CT molecular complexity index is 222. The molecule has 1 aromatic carbocycles. The van der Waals surface area contributed by atoms with Crippen molar-refractivity contribution in [3.05, 3.63) is 29.8 Å². The van der Waals surface area contributed by atoms with Crippen LogP contribution in [0.4, 0.5) is 0 Å². The second kappa shape index (κ2) is 5.01. The third kappa shape index (κ3) is 2.72. The number of halogens is 1. The van der Waals surface area contributed by atoms with E-state index in [-0.39, 0.29) is 24.2 Å². The standard InChI is InChI=1S/C9H13NO.ClH/c1-2-9(10)7-3-5-8(11)6-4-7;/h3-6,9,11H,2,10H2,1H3;1H. The van der Waals surface area contributed by atoms with Crippen LogP contribution in [0.3, 0.4) is 0 Å². The topological polar surface area (TPSA) is 46.2 Å². The summed E-state index contributed by atoms with van der Waals surface area (Å²) < 4.78 is 0. The van der Waals surface area contributed by atoms with Gasteiger partial charge in [-0.2, -0.15) is 0 Å². The summed E-state index contributed by atoms with van der Waals surface area (Å²) in [7, 11) is 0. The van der Waals surface area contributed by atoms with Crippen LogP contribution < -0.4 is 5.73 Å². The molecule has 0 radical (unpaired) electrons. The molecule has 12 heavy (non-hydrogen) atoms. The average Bonchev–Trinajstić information content (AvgIpc) is 2.05. The van der Waals surface area contributed by atoms with E-state index in [4.69, 9.17) is 10.8 Å². The van der Waals surface area contributed by atoms with Crippen LogP contribution in [-0.2, 0) is 0 Å². The van der Waals surface area contributed by atoms with Gasteiger partial charge in [-0.1, -0.05) is 19.1 Å². The Morgan fingerprint density at radius 1 is 1.33 bits per heavy atom. The fourth-order valence-electron chi connectivity index (χ4n) is 0.957. The monoisotopic (exact) mass is 187 g/mol. The molecule has 2 nitrogen and oxygen atoms in total. The molecule has 0 fully saturated rings. The van der Waals surface area contributed by atoms with Gasteiger partial charge in [0.2, 0.25) is 0 Å². The first kappa shape index (κ1) is 11.3. The highest BCUT2D eigenvalue weighted by Gasteiger charge is 2.01. The van der Waals surface area contributed by atoms with Crippen molar-refractivity contribution in [3.8, 4) is 5.75 Å². The fraction of sp³-hybridized carbons (Fsp3) is 0.333. The quantitative estimate of drug-likeness (QED) is 0.746. The van der Waals surface area contributed by atoms with E-state index in [9.17, 15) is 0 Å². The fourth-order valence-corrected chi connectivity index (χ4v) is 0.957. The molecule has 1 aromatic rings. The zero-order valence-corrected chi connectivity index (χ0v) is 7.84. The summed E-state index contributed by atoms with van der Waals surface area (Å²) in [5.41, 5.74) is 6.84. The van der Waals surface area contributed by atoms with Crippen molar-refractivity contribution >= 4 is 12.4 Å². The van der Waals surface area contributed by atoms with Gasteiger partial charge in [-0.25, -0.2) is 0 Å². The van der Waals surface area contributed by atoms with Crippen molar-refractivity contribution in [2.24, 2.45) is 5.73 Å². The number of benzene rings is 1. The highest BCUT2D eigenvalue weighted by Crippen LogP contribution is 2.16. The van der Waals surface area contributed by atoms with Crippen molar-refractivity contribution in [3.63, 3.8) is 0 Å². The normalized spacial score (nSPS) is 11.8. The van der Waals surface area contributed by atoms with E-state index in [2.05, 4.69) is 0 Å². The lowest BCUT2D eigenvalue weighted by Crippen LogP contribution is -2.07. The highest BCUT2D eigenvalue weighted by atomic mass is 35.5. The molecule has 0 aliphatic carbocycles. The van der Waals surface area contributed by atoms with Crippen molar-refractivity contribution in [2.75, 3.05) is 0 Å². The van der Waals surface area contributed by atoms with Gasteiger partial charge in [0.1, 0.15) is 5.75 Å². The average molecular weight is 188 g/mol. The number of nitrogens with two attached hydrogens (primary N) is 1. The smallest absolute Gasteiger partial charge is 0.115 e. The molecule has 0 aromatic heterocycles. The van der Waals surface area contributed by atoms with E-state index in [0.29, 0.717) is 0 Å². The summed E-state index contributed by atoms with van der Waals surface area (Å²) in [6.45, 7) is 2.04. The number of hydrogen-bond acceptors (Lipinski definition) is 2. The number of phenolic OH excluding ortho intramolecular Hbond substituents is 1. The van der Waals surface area contributed by atoms with Crippen LogP contribution in [0.2, 0.25) is 0 Å². The van der Waals surface area contributed by atoms with Gasteiger partial charge in [0.15, 0.2) is 0 Å². The van der Waals surface area contributed by atoms with Crippen molar-refractivity contribution < 1.29 is 5.11 Å². The van der Waals surface area contributed by atoms with Crippen LogP contribution in [0.1, 0.15) is 24.9 Å². The highest BCUT2D eigenvalue weighted by molar-refractivity contribution is 5.85. The molecular formula is C9H14ClNO. The predicted octanol–water partition coefficient (Wildman–Crippen LogP) is 2.22. The SMILES string of the molecule is CCC(N)c1ccc(O)cc1.Cl. The summed E-state index contributed by atoms with van der Waals surface area (Å²) in [5.74, 6) is 0.289. The van der Waals surface area contributed by atoms with Gasteiger partial charge in [-0.3, -0.25) is 0 Å². The number of aromatic hydroxyl groups is 1. The third-order valence-electron chi connectivity index (χ3n) is 1.76. The van der Waals surface area contributed by atoms with Crippen LogP contribution in [0.5, 0.6) is 5.75 Å². The molecule has 0 aliphatic heterocycles. The van der Waals surface area contributed by atoms with Gasteiger partial charge in [0.05, 0.1) is 0 Å². The Hall–Kier alpha value is -0.730. The Balaban J connectivity index is 0.00000121. The maximum atomic E-state index is 8.97. The molecule has 68 valence electrons. The lowest BCUT2D eigenvalue weighted by molar-refractivity contribution is 0.475. The Morgan fingerprint density at radius 3 is 2.25 bits per heavy atom. The number of hydrogen-bond donors (Lipinski definition) is 2. The van der Waals surface area contributed by atoms with Crippen LogP contribution in [-0.4, -0.2) is 5.11 Å². The maximum absolute atomic E-state index is 8.97. The van der Waals surface area contributed by atoms with E-state index in [0.717, 1.165) is 12.0 Å². The third-order valence-corrected chi connectivity index (χ3v) is 1.76. The molecule has 1 unspecified atom stereocenters. The van der Waals surface area contributed by atoms with Crippen molar-refractivity contribution in [2.45, 2.75) is 19.4 Å². The first-order chi connectivity index (χ1) is 5.24. The van der Waals surface area contributed by atoms with Gasteiger partial charge in [0.25, 0.3) is 0 Å². The summed E-state index contributed by atoms with van der Waals surface area (Å²) in [4.78, 5) is 0. The number of rotatable bonds is 2. The van der Waals surface area contributed by atoms with E-state index >= 15 is 0 Å². The Kier molecular flexibility index (Phi) is 4.71. The predicted molar refractivity (Wildman–Crippen MR) is 52.6 cm³/mol. The minimum absolute atomic E-state index is 0. The molecule has 0 bridgehead atoms. The minimum Gasteiger partial charge on any atom is -0.508 e. The molecule has 0 heterocycles. The summed E-state index contributed by atoms with van der Waals surface area (Å²) in [6.07, 6.45) is 0.921. The number of phenols is 1. The molecule has 0 amide bonds. The second-order valence-corrected chi connectivity index (χ2v) is 2.61. The minimum atomic E-state index is 0. The Morgan fingerprint density at radius 2 is 1.83 bits per heavy atom. The summed E-state index contributed by atoms with van der Waals surface area (Å²) >= 11 is 0. The Labute approximate surface area is 78.8 Å². The van der Waals surface area contributed by atoms with Gasteiger partial charge < -0.3 is 10.8 Å². The van der Waals surface area contributed by atoms with E-state index in [1.807, 2.05) is 19.1 Å². The van der Waals surface area contributed by atoms with Crippen molar-refractivity contribution in [1.82, 2.24) is 0 Å². The van der Waals surface area contributed by atoms with Gasteiger partial charge >= 0.3 is 0 Å². The molecule has 0 spiro atoms. The molecule has 1 rings (SSSR count). The second-order valence-electron chi connectivity index (χ2n) is 2.61. The maximum Gasteiger partial charge on any atom is 0.115 e. The molecule has 0 aliphatic rings. The lowest BCUT2D eigenvalue weighted by atomic mass is 10.1. The largest absolute Gasteiger partial charge is 0.508 e. The summed E-state index contributed by atoms with van der Waals surface area (Å²) in [5, 5.41) is 8.97. The van der Waals surface area contributed by atoms with Gasteiger partial charge in [0, 0.05) is 6.04 Å². The van der Waals surface area contributed by atoms with Gasteiger partial charge in [-0.05, 0) is 24.1 Å². The molecule has 0 saturated heterocycles. The van der Waals surface area contributed by atoms with E-state index in [1.54, 1.807) is 12.1 Å². The molecule has 3 N–H and O–H groups in total. The van der Waals surface area contributed by atoms with Crippen LogP contribution in [0.15, 0.2) is 24.3 Å². The first-order valence-corrected chi connectivity index (χ1v) is 3.78. The summed E-state index contributed by atoms with van der Waals surface area (Å²) in [6, 6.07) is 7.11. The van der Waals surface area contributed by atoms with Crippen molar-refractivity contribution in [1.29, 1.82) is 0 Å². The zero-order valence-electron chi connectivity index (χ0n) is 7.03. The van der Waals surface area contributed by atoms with Crippen LogP contribution in [0.25, 0.3) is 0 Å². The molecule has 3 heteroatoms. The van der Waals surface area contributed by atoms with E-state index < -0.39 is 0 Å². The van der Waals surface area contributed by atoms with Gasteiger partial charge in [-0.15, -0.1) is 12.4 Å².